The van der Waals surface area contributed by atoms with Crippen LogP contribution < -0.4 is 10.1 Å². The van der Waals surface area contributed by atoms with Crippen molar-refractivity contribution in [2.45, 2.75) is 26.0 Å². The van der Waals surface area contributed by atoms with Crippen LogP contribution in [-0.4, -0.2) is 39.2 Å². The van der Waals surface area contributed by atoms with Crippen LogP contribution in [0.2, 0.25) is 0 Å². The Labute approximate surface area is 173 Å². The summed E-state index contributed by atoms with van der Waals surface area (Å²) in [6.07, 6.45) is 2.64. The quantitative estimate of drug-likeness (QED) is 0.467. The third-order valence-electron chi connectivity index (χ3n) is 4.64. The molecule has 0 spiro atoms. The average Bonchev–Trinajstić information content (AvgIpc) is 3.25. The first-order chi connectivity index (χ1) is 14.6. The van der Waals surface area contributed by atoms with Gasteiger partial charge in [-0.05, 0) is 30.7 Å². The summed E-state index contributed by atoms with van der Waals surface area (Å²) < 4.78 is 11.2. The number of aryl methyl sites for hydroxylation is 1. The molecule has 1 saturated heterocycles. The molecule has 3 heterocycles. The van der Waals surface area contributed by atoms with Gasteiger partial charge in [0.2, 0.25) is 5.88 Å². The van der Waals surface area contributed by atoms with Gasteiger partial charge >= 0.3 is 0 Å². The van der Waals surface area contributed by atoms with Crippen molar-refractivity contribution in [3.05, 3.63) is 70.0 Å². The molecule has 1 aliphatic rings. The molecule has 4 rings (SSSR count). The molecule has 9 nitrogen and oxygen atoms in total. The van der Waals surface area contributed by atoms with E-state index in [1.165, 1.54) is 12.1 Å². The smallest absolute Gasteiger partial charge is 0.269 e. The fourth-order valence-corrected chi connectivity index (χ4v) is 3.11. The number of nitrogens with one attached hydrogen (secondary N) is 1. The first-order valence-corrected chi connectivity index (χ1v) is 9.60. The summed E-state index contributed by atoms with van der Waals surface area (Å²) in [6, 6.07) is 11.9. The third kappa shape index (κ3) is 4.87. The SMILES string of the molecule is Cc1cc(NCc2ccnc(OC3CCOC3)c2)nc(-c2ccc([N+](=O)[O-])cc2)n1. The van der Waals surface area contributed by atoms with Crippen molar-refractivity contribution >= 4 is 11.5 Å². The molecular weight excluding hydrogens is 386 g/mol. The molecule has 1 atom stereocenters. The zero-order valence-corrected chi connectivity index (χ0v) is 16.4. The molecule has 154 valence electrons. The van der Waals surface area contributed by atoms with Crippen molar-refractivity contribution in [2.75, 3.05) is 18.5 Å². The van der Waals surface area contributed by atoms with E-state index in [4.69, 9.17) is 9.47 Å². The minimum atomic E-state index is -0.430. The van der Waals surface area contributed by atoms with Crippen LogP contribution in [0.1, 0.15) is 17.7 Å². The molecule has 0 saturated carbocycles. The molecule has 0 bridgehead atoms. The molecule has 9 heteroatoms. The number of rotatable bonds is 7. The zero-order valence-electron chi connectivity index (χ0n) is 16.4. The number of benzene rings is 1. The number of hydrogen-bond acceptors (Lipinski definition) is 8. The van der Waals surface area contributed by atoms with Crippen LogP contribution in [0.3, 0.4) is 0 Å². The Balaban J connectivity index is 1.45. The summed E-state index contributed by atoms with van der Waals surface area (Å²) >= 11 is 0. The Morgan fingerprint density at radius 2 is 2.07 bits per heavy atom. The highest BCUT2D eigenvalue weighted by atomic mass is 16.6. The maximum atomic E-state index is 10.8. The van der Waals surface area contributed by atoms with Crippen molar-refractivity contribution in [3.8, 4) is 17.3 Å². The van der Waals surface area contributed by atoms with E-state index < -0.39 is 4.92 Å². The number of ether oxygens (including phenoxy) is 2. The highest BCUT2D eigenvalue weighted by Crippen LogP contribution is 2.22. The summed E-state index contributed by atoms with van der Waals surface area (Å²) in [6.45, 7) is 3.73. The lowest BCUT2D eigenvalue weighted by atomic mass is 10.2. The Kier molecular flexibility index (Phi) is 5.80. The second kappa shape index (κ2) is 8.83. The maximum absolute atomic E-state index is 10.8. The number of anilines is 1. The van der Waals surface area contributed by atoms with E-state index in [0.29, 0.717) is 36.2 Å². The highest BCUT2D eigenvalue weighted by molar-refractivity contribution is 5.59. The van der Waals surface area contributed by atoms with Gasteiger partial charge in [0.05, 0.1) is 18.1 Å². The number of nitro groups is 1. The lowest BCUT2D eigenvalue weighted by Crippen LogP contribution is -2.16. The third-order valence-corrected chi connectivity index (χ3v) is 4.64. The van der Waals surface area contributed by atoms with Gasteiger partial charge in [0.1, 0.15) is 11.9 Å². The van der Waals surface area contributed by atoms with Crippen LogP contribution in [0.4, 0.5) is 11.5 Å². The topological polar surface area (TPSA) is 112 Å². The first kappa shape index (κ1) is 19.7. The van der Waals surface area contributed by atoms with Gasteiger partial charge in [-0.15, -0.1) is 0 Å². The van der Waals surface area contributed by atoms with E-state index in [1.54, 1.807) is 18.3 Å². The van der Waals surface area contributed by atoms with E-state index in [2.05, 4.69) is 20.3 Å². The Morgan fingerprint density at radius 3 is 2.80 bits per heavy atom. The molecule has 1 N–H and O–H groups in total. The molecule has 0 radical (unpaired) electrons. The van der Waals surface area contributed by atoms with Gasteiger partial charge in [0, 0.05) is 54.7 Å². The van der Waals surface area contributed by atoms with Crippen LogP contribution in [0.15, 0.2) is 48.7 Å². The molecule has 2 aromatic heterocycles. The van der Waals surface area contributed by atoms with Crippen LogP contribution >= 0.6 is 0 Å². The summed E-state index contributed by atoms with van der Waals surface area (Å²) in [5.74, 6) is 1.75. The molecule has 3 aromatic rings. The lowest BCUT2D eigenvalue weighted by molar-refractivity contribution is -0.384. The van der Waals surface area contributed by atoms with E-state index >= 15 is 0 Å². The predicted octanol–water partition coefficient (Wildman–Crippen LogP) is 3.54. The number of aromatic nitrogens is 3. The van der Waals surface area contributed by atoms with Gasteiger partial charge in [0.25, 0.3) is 5.69 Å². The van der Waals surface area contributed by atoms with Crippen molar-refractivity contribution in [3.63, 3.8) is 0 Å². The van der Waals surface area contributed by atoms with Gasteiger partial charge in [-0.25, -0.2) is 15.0 Å². The number of pyridine rings is 1. The second-order valence-corrected chi connectivity index (χ2v) is 6.98. The first-order valence-electron chi connectivity index (χ1n) is 9.60. The second-order valence-electron chi connectivity index (χ2n) is 6.98. The molecule has 1 aromatic carbocycles. The normalized spacial score (nSPS) is 15.7. The fraction of sp³-hybridized carbons (Fsp3) is 0.286. The fourth-order valence-electron chi connectivity index (χ4n) is 3.11. The summed E-state index contributed by atoms with van der Waals surface area (Å²) in [4.78, 5) is 23.7. The number of nitrogens with zero attached hydrogens (tertiary/aromatic N) is 4. The van der Waals surface area contributed by atoms with Gasteiger partial charge in [-0.1, -0.05) is 0 Å². The van der Waals surface area contributed by atoms with Gasteiger partial charge in [0.15, 0.2) is 5.82 Å². The number of nitro benzene ring substituents is 1. The van der Waals surface area contributed by atoms with E-state index in [0.717, 1.165) is 24.3 Å². The molecule has 0 amide bonds. The van der Waals surface area contributed by atoms with E-state index in [-0.39, 0.29) is 11.8 Å². The molecule has 1 aliphatic heterocycles. The average molecular weight is 407 g/mol. The van der Waals surface area contributed by atoms with E-state index in [9.17, 15) is 10.1 Å². The minimum absolute atomic E-state index is 0.0321. The van der Waals surface area contributed by atoms with Crippen molar-refractivity contribution in [1.82, 2.24) is 15.0 Å². The van der Waals surface area contributed by atoms with Crippen LogP contribution in [0.25, 0.3) is 11.4 Å². The summed E-state index contributed by atoms with van der Waals surface area (Å²) in [5.41, 5.74) is 2.54. The van der Waals surface area contributed by atoms with Crippen LogP contribution in [0, 0.1) is 17.0 Å². The zero-order chi connectivity index (χ0) is 20.9. The van der Waals surface area contributed by atoms with Gasteiger partial charge in [-0.2, -0.15) is 0 Å². The Bertz CT molecular complexity index is 1040. The van der Waals surface area contributed by atoms with Crippen LogP contribution in [0.5, 0.6) is 5.88 Å². The molecule has 1 fully saturated rings. The molecular formula is C21H21N5O4. The van der Waals surface area contributed by atoms with Crippen LogP contribution in [-0.2, 0) is 11.3 Å². The summed E-state index contributed by atoms with van der Waals surface area (Å²) in [7, 11) is 0. The van der Waals surface area contributed by atoms with Crippen molar-refractivity contribution in [1.29, 1.82) is 0 Å². The summed E-state index contributed by atoms with van der Waals surface area (Å²) in [5, 5.41) is 14.1. The van der Waals surface area contributed by atoms with Gasteiger partial charge in [-0.3, -0.25) is 10.1 Å². The largest absolute Gasteiger partial charge is 0.472 e. The Hall–Kier alpha value is -3.59. The predicted molar refractivity (Wildman–Crippen MR) is 110 cm³/mol. The standard InChI is InChI=1S/C21H21N5O4/c1-14-10-19(25-21(24-14)16-2-4-17(5-3-16)26(27)28)23-12-15-6-8-22-20(11-15)30-18-7-9-29-13-18/h2-6,8,10-11,18H,7,9,12-13H2,1H3,(H,23,24,25). The molecule has 1 unspecified atom stereocenters. The van der Waals surface area contributed by atoms with Crippen molar-refractivity contribution < 1.29 is 14.4 Å². The number of non-ortho nitro benzene ring substituents is 1. The molecule has 0 aliphatic carbocycles. The lowest BCUT2D eigenvalue weighted by Gasteiger charge is -2.12. The monoisotopic (exact) mass is 407 g/mol. The van der Waals surface area contributed by atoms with E-state index in [1.807, 2.05) is 25.1 Å². The van der Waals surface area contributed by atoms with Crippen molar-refractivity contribution in [2.24, 2.45) is 0 Å². The van der Waals surface area contributed by atoms with Gasteiger partial charge < -0.3 is 14.8 Å². The highest BCUT2D eigenvalue weighted by Gasteiger charge is 2.17. The molecule has 30 heavy (non-hydrogen) atoms. The Morgan fingerprint density at radius 1 is 1.23 bits per heavy atom. The number of hydrogen-bond donors (Lipinski definition) is 1. The maximum Gasteiger partial charge on any atom is 0.269 e. The minimum Gasteiger partial charge on any atom is -0.472 e.